The van der Waals surface area contributed by atoms with Crippen LogP contribution in [0.2, 0.25) is 0 Å². The van der Waals surface area contributed by atoms with E-state index in [1.165, 1.54) is 55.3 Å². The van der Waals surface area contributed by atoms with Gasteiger partial charge in [-0.3, -0.25) is 4.90 Å². The van der Waals surface area contributed by atoms with Crippen molar-refractivity contribution < 1.29 is 0 Å². The Labute approximate surface area is 167 Å². The fourth-order valence-electron chi connectivity index (χ4n) is 4.25. The summed E-state index contributed by atoms with van der Waals surface area (Å²) in [5.41, 5.74) is 5.82. The van der Waals surface area contributed by atoms with Gasteiger partial charge in [-0.25, -0.2) is 0 Å². The van der Waals surface area contributed by atoms with Crippen LogP contribution < -0.4 is 0 Å². The van der Waals surface area contributed by atoms with Crippen LogP contribution in [0, 0.1) is 0 Å². The summed E-state index contributed by atoms with van der Waals surface area (Å²) in [6.07, 6.45) is 6.78. The Balaban J connectivity index is 0.000000613. The van der Waals surface area contributed by atoms with Crippen LogP contribution in [0.15, 0.2) is 66.2 Å². The molecule has 0 radical (unpaired) electrons. The Hall–Kier alpha value is -1.38. The van der Waals surface area contributed by atoms with Crippen molar-refractivity contribution in [3.8, 4) is 0 Å². The summed E-state index contributed by atoms with van der Waals surface area (Å²) in [4.78, 5) is 2.73. The average molecular weight is 412 g/mol. The highest BCUT2D eigenvalue weighted by molar-refractivity contribution is 9.09. The van der Waals surface area contributed by atoms with Crippen molar-refractivity contribution in [2.75, 3.05) is 18.4 Å². The molecule has 2 aliphatic heterocycles. The molecule has 138 valence electrons. The van der Waals surface area contributed by atoms with E-state index >= 15 is 0 Å². The predicted octanol–water partition coefficient (Wildman–Crippen LogP) is 6.54. The lowest BCUT2D eigenvalue weighted by molar-refractivity contribution is 0.133. The summed E-state index contributed by atoms with van der Waals surface area (Å²) in [6, 6.07) is 22.7. The molecule has 4 rings (SSSR count). The first kappa shape index (κ1) is 19.4. The van der Waals surface area contributed by atoms with E-state index in [1.54, 1.807) is 5.57 Å². The van der Waals surface area contributed by atoms with Crippen LogP contribution >= 0.6 is 15.9 Å². The van der Waals surface area contributed by atoms with Crippen molar-refractivity contribution in [1.29, 1.82) is 0 Å². The van der Waals surface area contributed by atoms with Crippen molar-refractivity contribution in [2.24, 2.45) is 0 Å². The minimum atomic E-state index is 0.834. The van der Waals surface area contributed by atoms with Crippen molar-refractivity contribution in [1.82, 2.24) is 4.90 Å². The quantitative estimate of drug-likeness (QED) is 0.507. The SMILES string of the molecule is CCBr.c1ccc(C(=C2CCC3CCCCN3C2)c2ccccc2)cc1. The fourth-order valence-corrected chi connectivity index (χ4v) is 4.25. The Kier molecular flexibility index (Phi) is 7.52. The standard InChI is InChI=1S/C22H25N.C2H5Br/c1-3-9-18(10-4-1)22(19-11-5-2-6-12-19)20-14-15-21-13-7-8-16-23(21)17-20;1-2-3/h1-6,9-12,21H,7-8,13-17H2;2H2,1H3. The second-order valence-electron chi connectivity index (χ2n) is 7.14. The van der Waals surface area contributed by atoms with E-state index in [-0.39, 0.29) is 0 Å². The number of benzene rings is 2. The van der Waals surface area contributed by atoms with E-state index in [0.29, 0.717) is 0 Å². The largest absolute Gasteiger partial charge is 0.296 e. The molecule has 0 aliphatic carbocycles. The smallest absolute Gasteiger partial charge is 0.0205 e. The van der Waals surface area contributed by atoms with E-state index in [1.807, 2.05) is 6.92 Å². The molecule has 0 bridgehead atoms. The Morgan fingerprint density at radius 1 is 0.923 bits per heavy atom. The van der Waals surface area contributed by atoms with Crippen LogP contribution in [0.5, 0.6) is 0 Å². The van der Waals surface area contributed by atoms with E-state index in [9.17, 15) is 0 Å². The molecule has 2 aromatic carbocycles. The minimum Gasteiger partial charge on any atom is -0.296 e. The number of hydrogen-bond acceptors (Lipinski definition) is 1. The van der Waals surface area contributed by atoms with Gasteiger partial charge in [-0.05, 0) is 54.5 Å². The van der Waals surface area contributed by atoms with Gasteiger partial charge < -0.3 is 0 Å². The maximum atomic E-state index is 3.15. The molecule has 0 aromatic heterocycles. The fraction of sp³-hybridized carbons (Fsp3) is 0.417. The number of alkyl halides is 1. The number of halogens is 1. The molecule has 2 heterocycles. The first-order chi connectivity index (χ1) is 12.8. The topological polar surface area (TPSA) is 3.24 Å². The van der Waals surface area contributed by atoms with Gasteiger partial charge in [0.25, 0.3) is 0 Å². The Morgan fingerprint density at radius 3 is 2.08 bits per heavy atom. The molecule has 1 atom stereocenters. The predicted molar refractivity (Wildman–Crippen MR) is 117 cm³/mol. The molecule has 1 unspecified atom stereocenters. The van der Waals surface area contributed by atoms with E-state index in [4.69, 9.17) is 0 Å². The highest BCUT2D eigenvalue weighted by Crippen LogP contribution is 2.35. The lowest BCUT2D eigenvalue weighted by atomic mass is 9.85. The molecule has 2 fully saturated rings. The normalized spacial score (nSPS) is 19.9. The van der Waals surface area contributed by atoms with Crippen LogP contribution in [0.4, 0.5) is 0 Å². The van der Waals surface area contributed by atoms with Crippen LogP contribution in [0.25, 0.3) is 5.57 Å². The molecule has 0 saturated carbocycles. The van der Waals surface area contributed by atoms with Gasteiger partial charge in [0.1, 0.15) is 0 Å². The van der Waals surface area contributed by atoms with Gasteiger partial charge in [0, 0.05) is 17.9 Å². The zero-order valence-corrected chi connectivity index (χ0v) is 17.4. The first-order valence-corrected chi connectivity index (χ1v) is 11.1. The van der Waals surface area contributed by atoms with Gasteiger partial charge >= 0.3 is 0 Å². The third-order valence-electron chi connectivity index (χ3n) is 5.40. The van der Waals surface area contributed by atoms with Crippen LogP contribution in [-0.4, -0.2) is 29.4 Å². The first-order valence-electron chi connectivity index (χ1n) is 9.96. The number of nitrogens with zero attached hydrogens (tertiary/aromatic N) is 1. The molecule has 26 heavy (non-hydrogen) atoms. The zero-order chi connectivity index (χ0) is 18.2. The second kappa shape index (κ2) is 10.1. The summed E-state index contributed by atoms with van der Waals surface area (Å²) in [5.74, 6) is 0. The number of fused-ring (bicyclic) bond motifs is 1. The van der Waals surface area contributed by atoms with Gasteiger partial charge in [-0.2, -0.15) is 0 Å². The third kappa shape index (κ3) is 4.86. The van der Waals surface area contributed by atoms with Crippen LogP contribution in [0.3, 0.4) is 0 Å². The van der Waals surface area contributed by atoms with Crippen molar-refractivity contribution in [3.05, 3.63) is 77.4 Å². The molecule has 2 heteroatoms. The van der Waals surface area contributed by atoms with Gasteiger partial charge in [-0.15, -0.1) is 0 Å². The van der Waals surface area contributed by atoms with Gasteiger partial charge in [-0.1, -0.05) is 89.9 Å². The van der Waals surface area contributed by atoms with Gasteiger partial charge in [0.05, 0.1) is 0 Å². The highest BCUT2D eigenvalue weighted by atomic mass is 79.9. The second-order valence-corrected chi connectivity index (χ2v) is 8.26. The molecule has 2 aromatic rings. The van der Waals surface area contributed by atoms with Crippen LogP contribution in [0.1, 0.15) is 50.2 Å². The molecule has 0 spiro atoms. The van der Waals surface area contributed by atoms with Crippen molar-refractivity contribution in [2.45, 2.75) is 45.1 Å². The minimum absolute atomic E-state index is 0.834. The lowest BCUT2D eigenvalue weighted by Crippen LogP contribution is -2.43. The Morgan fingerprint density at radius 2 is 1.50 bits per heavy atom. The third-order valence-corrected chi connectivity index (χ3v) is 5.40. The molecule has 1 nitrogen and oxygen atoms in total. The van der Waals surface area contributed by atoms with Crippen molar-refractivity contribution >= 4 is 21.5 Å². The monoisotopic (exact) mass is 411 g/mol. The van der Waals surface area contributed by atoms with Gasteiger partial charge in [0.15, 0.2) is 0 Å². The maximum absolute atomic E-state index is 3.15. The summed E-state index contributed by atoms with van der Waals surface area (Å²) >= 11 is 3.15. The van der Waals surface area contributed by atoms with E-state index < -0.39 is 0 Å². The number of hydrogen-bond donors (Lipinski definition) is 0. The summed E-state index contributed by atoms with van der Waals surface area (Å²) in [5, 5.41) is 1.06. The molecule has 2 saturated heterocycles. The summed E-state index contributed by atoms with van der Waals surface area (Å²) < 4.78 is 0. The molecular formula is C24H30BrN. The zero-order valence-electron chi connectivity index (χ0n) is 15.8. The molecule has 2 aliphatic rings. The number of piperidine rings is 2. The summed E-state index contributed by atoms with van der Waals surface area (Å²) in [7, 11) is 0. The lowest BCUT2D eigenvalue weighted by Gasteiger charge is -2.41. The van der Waals surface area contributed by atoms with Gasteiger partial charge in [0.2, 0.25) is 0 Å². The van der Waals surface area contributed by atoms with Crippen molar-refractivity contribution in [3.63, 3.8) is 0 Å². The average Bonchev–Trinajstić information content (AvgIpc) is 2.70. The molecular weight excluding hydrogens is 382 g/mol. The van der Waals surface area contributed by atoms with E-state index in [0.717, 1.165) is 17.9 Å². The van der Waals surface area contributed by atoms with E-state index in [2.05, 4.69) is 81.5 Å². The molecule has 0 amide bonds. The molecule has 0 N–H and O–H groups in total. The maximum Gasteiger partial charge on any atom is 0.0205 e. The highest BCUT2D eigenvalue weighted by Gasteiger charge is 2.28. The van der Waals surface area contributed by atoms with Crippen LogP contribution in [-0.2, 0) is 0 Å². The number of rotatable bonds is 2. The summed E-state index contributed by atoms with van der Waals surface area (Å²) in [6.45, 7) is 4.48. The Bertz CT molecular complexity index is 651.